The Kier molecular flexibility index (Phi) is 5.57. The first-order chi connectivity index (χ1) is 9.95. The molecule has 0 saturated heterocycles. The zero-order valence-corrected chi connectivity index (χ0v) is 14.6. The Morgan fingerprint density at radius 1 is 1.19 bits per heavy atom. The van der Waals surface area contributed by atoms with Crippen LogP contribution >= 0.6 is 34.2 Å². The van der Waals surface area contributed by atoms with E-state index in [1.807, 2.05) is 19.1 Å². The molecular weight excluding hydrogens is 407 g/mol. The molecule has 2 aromatic rings. The first-order valence-electron chi connectivity index (χ1n) is 6.58. The van der Waals surface area contributed by atoms with Gasteiger partial charge in [-0.15, -0.1) is 0 Å². The second-order valence-electron chi connectivity index (χ2n) is 4.76. The van der Waals surface area contributed by atoms with Crippen molar-refractivity contribution in [3.63, 3.8) is 0 Å². The SMILES string of the molecule is CCNC(c1ccc(I)c(Cl)c1)c1ccc(C)c(F)c1F. The predicted octanol–water partition coefficient (Wildman–Crippen LogP) is 5.23. The van der Waals surface area contributed by atoms with Crippen molar-refractivity contribution in [1.82, 2.24) is 5.32 Å². The van der Waals surface area contributed by atoms with Crippen LogP contribution in [0, 0.1) is 22.1 Å². The lowest BCUT2D eigenvalue weighted by Crippen LogP contribution is -2.23. The van der Waals surface area contributed by atoms with E-state index in [1.54, 1.807) is 25.1 Å². The topological polar surface area (TPSA) is 12.0 Å². The van der Waals surface area contributed by atoms with E-state index in [2.05, 4.69) is 27.9 Å². The van der Waals surface area contributed by atoms with Crippen molar-refractivity contribution in [1.29, 1.82) is 0 Å². The van der Waals surface area contributed by atoms with E-state index < -0.39 is 17.7 Å². The van der Waals surface area contributed by atoms with Crippen LogP contribution in [-0.2, 0) is 0 Å². The fourth-order valence-corrected chi connectivity index (χ4v) is 2.71. The van der Waals surface area contributed by atoms with E-state index in [0.717, 1.165) is 9.13 Å². The van der Waals surface area contributed by atoms with E-state index in [1.165, 1.54) is 0 Å². The summed E-state index contributed by atoms with van der Waals surface area (Å²) in [7, 11) is 0. The molecule has 0 fully saturated rings. The van der Waals surface area contributed by atoms with E-state index in [9.17, 15) is 8.78 Å². The molecule has 0 spiro atoms. The van der Waals surface area contributed by atoms with Gasteiger partial charge in [0.05, 0.1) is 11.1 Å². The van der Waals surface area contributed by atoms with Gasteiger partial charge in [-0.25, -0.2) is 8.78 Å². The summed E-state index contributed by atoms with van der Waals surface area (Å²) < 4.78 is 29.0. The van der Waals surface area contributed by atoms with Gasteiger partial charge in [-0.2, -0.15) is 0 Å². The third kappa shape index (κ3) is 3.55. The lowest BCUT2D eigenvalue weighted by Gasteiger charge is -2.20. The molecule has 0 heterocycles. The Morgan fingerprint density at radius 3 is 2.52 bits per heavy atom. The van der Waals surface area contributed by atoms with Gasteiger partial charge in [0, 0.05) is 9.13 Å². The summed E-state index contributed by atoms with van der Waals surface area (Å²) in [4.78, 5) is 0. The number of hydrogen-bond acceptors (Lipinski definition) is 1. The van der Waals surface area contributed by atoms with Crippen LogP contribution in [0.5, 0.6) is 0 Å². The van der Waals surface area contributed by atoms with Crippen LogP contribution < -0.4 is 5.32 Å². The molecule has 0 aliphatic heterocycles. The average molecular weight is 422 g/mol. The molecule has 1 nitrogen and oxygen atoms in total. The molecule has 0 aliphatic rings. The van der Waals surface area contributed by atoms with E-state index in [4.69, 9.17) is 11.6 Å². The molecule has 1 atom stereocenters. The maximum absolute atomic E-state index is 14.3. The largest absolute Gasteiger partial charge is 0.306 e. The molecule has 0 amide bonds. The molecule has 1 N–H and O–H groups in total. The summed E-state index contributed by atoms with van der Waals surface area (Å²) in [5, 5.41) is 3.78. The molecule has 0 radical (unpaired) electrons. The lowest BCUT2D eigenvalue weighted by molar-refractivity contribution is 0.478. The van der Waals surface area contributed by atoms with Crippen LogP contribution in [0.25, 0.3) is 0 Å². The number of nitrogens with one attached hydrogen (secondary N) is 1. The maximum atomic E-state index is 14.3. The van der Waals surface area contributed by atoms with E-state index >= 15 is 0 Å². The summed E-state index contributed by atoms with van der Waals surface area (Å²) in [5.74, 6) is -1.61. The van der Waals surface area contributed by atoms with Crippen molar-refractivity contribution in [2.24, 2.45) is 0 Å². The lowest BCUT2D eigenvalue weighted by atomic mass is 9.97. The van der Waals surface area contributed by atoms with Crippen LogP contribution in [0.4, 0.5) is 8.78 Å². The van der Waals surface area contributed by atoms with Crippen LogP contribution in [0.1, 0.15) is 29.7 Å². The van der Waals surface area contributed by atoms with Crippen LogP contribution in [0.2, 0.25) is 5.02 Å². The minimum absolute atomic E-state index is 0.289. The molecule has 2 rings (SSSR count). The Hall–Kier alpha value is -0.720. The van der Waals surface area contributed by atoms with Gasteiger partial charge >= 0.3 is 0 Å². The second-order valence-corrected chi connectivity index (χ2v) is 6.33. The van der Waals surface area contributed by atoms with Gasteiger partial charge in [0.15, 0.2) is 11.6 Å². The van der Waals surface area contributed by atoms with Gasteiger partial charge in [0.1, 0.15) is 0 Å². The molecular formula is C16H15ClF2IN. The number of rotatable bonds is 4. The molecule has 5 heteroatoms. The Labute approximate surface area is 141 Å². The molecule has 0 aliphatic carbocycles. The summed E-state index contributed by atoms with van der Waals surface area (Å²) in [5.41, 5.74) is 1.40. The Morgan fingerprint density at radius 2 is 1.90 bits per heavy atom. The van der Waals surface area contributed by atoms with Crippen LogP contribution in [0.3, 0.4) is 0 Å². The van der Waals surface area contributed by atoms with Gasteiger partial charge in [-0.3, -0.25) is 0 Å². The third-order valence-electron chi connectivity index (χ3n) is 3.30. The number of halogens is 4. The normalized spacial score (nSPS) is 12.5. The van der Waals surface area contributed by atoms with E-state index in [-0.39, 0.29) is 5.56 Å². The minimum atomic E-state index is -0.810. The first kappa shape index (κ1) is 16.6. The maximum Gasteiger partial charge on any atom is 0.164 e. The van der Waals surface area contributed by atoms with Crippen molar-refractivity contribution in [2.45, 2.75) is 19.9 Å². The van der Waals surface area contributed by atoms with Crippen molar-refractivity contribution >= 4 is 34.2 Å². The fraction of sp³-hybridized carbons (Fsp3) is 0.250. The Bertz CT molecular complexity index is 661. The average Bonchev–Trinajstić information content (AvgIpc) is 2.46. The van der Waals surface area contributed by atoms with Crippen LogP contribution in [0.15, 0.2) is 30.3 Å². The first-order valence-corrected chi connectivity index (χ1v) is 8.04. The Balaban J connectivity index is 2.53. The number of hydrogen-bond donors (Lipinski definition) is 1. The standard InChI is InChI=1S/C16H15ClF2IN/c1-3-21-16(10-5-7-13(20)12(17)8-10)11-6-4-9(2)14(18)15(11)19/h4-8,16,21H,3H2,1-2H3. The highest BCUT2D eigenvalue weighted by atomic mass is 127. The summed E-state index contributed by atoms with van der Waals surface area (Å²) in [6, 6.07) is 8.30. The molecule has 0 aromatic heterocycles. The quantitative estimate of drug-likeness (QED) is 0.667. The van der Waals surface area contributed by atoms with Crippen molar-refractivity contribution in [2.75, 3.05) is 6.54 Å². The van der Waals surface area contributed by atoms with Gasteiger partial charge < -0.3 is 5.32 Å². The molecule has 1 unspecified atom stereocenters. The molecule has 2 aromatic carbocycles. The van der Waals surface area contributed by atoms with Crippen LogP contribution in [-0.4, -0.2) is 6.54 Å². The molecule has 0 saturated carbocycles. The fourth-order valence-electron chi connectivity index (χ4n) is 2.19. The van der Waals surface area contributed by atoms with Gasteiger partial charge in [0.2, 0.25) is 0 Å². The predicted molar refractivity (Wildman–Crippen MR) is 90.8 cm³/mol. The molecule has 0 bridgehead atoms. The van der Waals surface area contributed by atoms with Crippen molar-refractivity contribution in [3.8, 4) is 0 Å². The zero-order chi connectivity index (χ0) is 15.6. The smallest absolute Gasteiger partial charge is 0.164 e. The highest BCUT2D eigenvalue weighted by Gasteiger charge is 2.21. The molecule has 112 valence electrons. The van der Waals surface area contributed by atoms with Crippen molar-refractivity contribution < 1.29 is 8.78 Å². The third-order valence-corrected chi connectivity index (χ3v) is 4.87. The van der Waals surface area contributed by atoms with E-state index in [0.29, 0.717) is 17.1 Å². The van der Waals surface area contributed by atoms with Gasteiger partial charge in [-0.1, -0.05) is 36.7 Å². The van der Waals surface area contributed by atoms with Gasteiger partial charge in [0.25, 0.3) is 0 Å². The zero-order valence-electron chi connectivity index (χ0n) is 11.7. The summed E-state index contributed by atoms with van der Waals surface area (Å²) in [6.45, 7) is 4.10. The summed E-state index contributed by atoms with van der Waals surface area (Å²) >= 11 is 8.27. The second kappa shape index (κ2) is 7.03. The number of aryl methyl sites for hydroxylation is 1. The number of benzene rings is 2. The van der Waals surface area contributed by atoms with Gasteiger partial charge in [-0.05, 0) is 59.3 Å². The molecule has 21 heavy (non-hydrogen) atoms. The monoisotopic (exact) mass is 421 g/mol. The van der Waals surface area contributed by atoms with Crippen molar-refractivity contribution in [3.05, 3.63) is 67.2 Å². The highest BCUT2D eigenvalue weighted by molar-refractivity contribution is 14.1. The minimum Gasteiger partial charge on any atom is -0.306 e. The summed E-state index contributed by atoms with van der Waals surface area (Å²) in [6.07, 6.45) is 0. The highest BCUT2D eigenvalue weighted by Crippen LogP contribution is 2.30.